The highest BCUT2D eigenvalue weighted by atomic mass is 79.9. The number of halogens is 2. The lowest BCUT2D eigenvalue weighted by molar-refractivity contribution is 0.0988. The Hall–Kier alpha value is -0.740. The lowest BCUT2D eigenvalue weighted by Crippen LogP contribution is -2.23. The molecule has 1 rings (SSSR count). The molecule has 1 aromatic carbocycles. The Kier molecular flexibility index (Phi) is 4.22. The molecule has 0 unspecified atom stereocenters. The van der Waals surface area contributed by atoms with E-state index in [0.29, 0.717) is 11.0 Å². The van der Waals surface area contributed by atoms with Gasteiger partial charge in [-0.3, -0.25) is 4.79 Å². The highest BCUT2D eigenvalue weighted by Gasteiger charge is 2.12. The first-order valence-corrected chi connectivity index (χ1v) is 5.14. The van der Waals surface area contributed by atoms with Gasteiger partial charge in [0.1, 0.15) is 5.82 Å². The van der Waals surface area contributed by atoms with Crippen LogP contribution in [0.5, 0.6) is 0 Å². The zero-order chi connectivity index (χ0) is 10.6. The average molecular weight is 260 g/mol. The molecule has 14 heavy (non-hydrogen) atoms. The van der Waals surface area contributed by atoms with Gasteiger partial charge in [0.15, 0.2) is 5.78 Å². The molecule has 0 aliphatic carbocycles. The van der Waals surface area contributed by atoms with Crippen molar-refractivity contribution in [1.82, 2.24) is 5.32 Å². The van der Waals surface area contributed by atoms with Crippen molar-refractivity contribution >= 4 is 21.7 Å². The summed E-state index contributed by atoms with van der Waals surface area (Å²) >= 11 is 3.03. The fourth-order valence-corrected chi connectivity index (χ4v) is 1.42. The van der Waals surface area contributed by atoms with Gasteiger partial charge in [-0.2, -0.15) is 0 Å². The van der Waals surface area contributed by atoms with E-state index in [1.807, 2.05) is 6.92 Å². The SMILES string of the molecule is CCNCC(=O)c1cccc(Br)c1F. The molecular formula is C10H11BrFNO. The number of nitrogens with one attached hydrogen (secondary N) is 1. The molecule has 0 bridgehead atoms. The molecule has 0 spiro atoms. The number of carbonyl (C=O) groups excluding carboxylic acids is 1. The van der Waals surface area contributed by atoms with Crippen molar-refractivity contribution in [2.24, 2.45) is 0 Å². The number of carbonyl (C=O) groups is 1. The Morgan fingerprint density at radius 1 is 1.57 bits per heavy atom. The molecule has 76 valence electrons. The molecule has 0 radical (unpaired) electrons. The van der Waals surface area contributed by atoms with Crippen molar-refractivity contribution < 1.29 is 9.18 Å². The molecule has 4 heteroatoms. The van der Waals surface area contributed by atoms with Gasteiger partial charge in [-0.1, -0.05) is 13.0 Å². The molecule has 0 heterocycles. The summed E-state index contributed by atoms with van der Waals surface area (Å²) in [5, 5.41) is 2.86. The van der Waals surface area contributed by atoms with Crippen molar-refractivity contribution in [3.63, 3.8) is 0 Å². The minimum absolute atomic E-state index is 0.125. The standard InChI is InChI=1S/C10H11BrFNO/c1-2-13-6-9(14)7-4-3-5-8(11)10(7)12/h3-5,13H,2,6H2,1H3. The number of likely N-dealkylation sites (N-methyl/N-ethyl adjacent to an activating group) is 1. The minimum Gasteiger partial charge on any atom is -0.310 e. The molecule has 0 aromatic heterocycles. The number of Topliss-reactive ketones (excluding diaryl/α,β-unsaturated/α-hetero) is 1. The second kappa shape index (κ2) is 5.22. The van der Waals surface area contributed by atoms with E-state index in [1.54, 1.807) is 12.1 Å². The van der Waals surface area contributed by atoms with E-state index >= 15 is 0 Å². The summed E-state index contributed by atoms with van der Waals surface area (Å²) in [6, 6.07) is 4.70. The van der Waals surface area contributed by atoms with Crippen LogP contribution < -0.4 is 5.32 Å². The Morgan fingerprint density at radius 2 is 2.29 bits per heavy atom. The molecule has 0 amide bonds. The summed E-state index contributed by atoms with van der Waals surface area (Å²) in [6.45, 7) is 2.76. The Morgan fingerprint density at radius 3 is 2.93 bits per heavy atom. The highest BCUT2D eigenvalue weighted by molar-refractivity contribution is 9.10. The van der Waals surface area contributed by atoms with Gasteiger partial charge in [-0.25, -0.2) is 4.39 Å². The molecule has 1 aromatic rings. The second-order valence-electron chi connectivity index (χ2n) is 2.80. The summed E-state index contributed by atoms with van der Waals surface area (Å²) < 4.78 is 13.7. The maximum Gasteiger partial charge on any atom is 0.179 e. The van der Waals surface area contributed by atoms with E-state index in [0.717, 1.165) is 0 Å². The molecule has 0 saturated heterocycles. The summed E-state index contributed by atoms with van der Waals surface area (Å²) in [7, 11) is 0. The summed E-state index contributed by atoms with van der Waals surface area (Å²) in [4.78, 5) is 11.5. The van der Waals surface area contributed by atoms with Crippen molar-refractivity contribution in [3.8, 4) is 0 Å². The van der Waals surface area contributed by atoms with E-state index in [-0.39, 0.29) is 17.9 Å². The van der Waals surface area contributed by atoms with Crippen LogP contribution >= 0.6 is 15.9 Å². The maximum absolute atomic E-state index is 13.4. The fourth-order valence-electron chi connectivity index (χ4n) is 1.05. The summed E-state index contributed by atoms with van der Waals surface area (Å²) in [5.41, 5.74) is 0.125. The largest absolute Gasteiger partial charge is 0.310 e. The van der Waals surface area contributed by atoms with Gasteiger partial charge in [-0.05, 0) is 34.6 Å². The molecule has 0 atom stereocenters. The van der Waals surface area contributed by atoms with Crippen LogP contribution in [0.1, 0.15) is 17.3 Å². The van der Waals surface area contributed by atoms with Gasteiger partial charge >= 0.3 is 0 Å². The van der Waals surface area contributed by atoms with E-state index < -0.39 is 5.82 Å². The number of hydrogen-bond acceptors (Lipinski definition) is 2. The predicted molar refractivity (Wildman–Crippen MR) is 57.0 cm³/mol. The third kappa shape index (κ3) is 2.62. The van der Waals surface area contributed by atoms with Crippen LogP contribution in [-0.2, 0) is 0 Å². The second-order valence-corrected chi connectivity index (χ2v) is 3.66. The number of benzene rings is 1. The molecule has 0 fully saturated rings. The van der Waals surface area contributed by atoms with E-state index in [4.69, 9.17) is 0 Å². The first-order chi connectivity index (χ1) is 6.66. The first kappa shape index (κ1) is 11.3. The van der Waals surface area contributed by atoms with Crippen molar-refractivity contribution in [3.05, 3.63) is 34.1 Å². The van der Waals surface area contributed by atoms with Crippen LogP contribution in [0.15, 0.2) is 22.7 Å². The topological polar surface area (TPSA) is 29.1 Å². The zero-order valence-electron chi connectivity index (χ0n) is 7.81. The van der Waals surface area contributed by atoms with Crippen LogP contribution in [0.2, 0.25) is 0 Å². The molecule has 0 aliphatic rings. The van der Waals surface area contributed by atoms with E-state index in [9.17, 15) is 9.18 Å². The van der Waals surface area contributed by atoms with Crippen molar-refractivity contribution in [2.75, 3.05) is 13.1 Å². The van der Waals surface area contributed by atoms with E-state index in [2.05, 4.69) is 21.2 Å². The van der Waals surface area contributed by atoms with Crippen LogP contribution in [-0.4, -0.2) is 18.9 Å². The monoisotopic (exact) mass is 259 g/mol. The van der Waals surface area contributed by atoms with Gasteiger partial charge in [-0.15, -0.1) is 0 Å². The highest BCUT2D eigenvalue weighted by Crippen LogP contribution is 2.18. The smallest absolute Gasteiger partial charge is 0.179 e. The lowest BCUT2D eigenvalue weighted by Gasteiger charge is -2.03. The van der Waals surface area contributed by atoms with Crippen LogP contribution in [0.25, 0.3) is 0 Å². The third-order valence-electron chi connectivity index (χ3n) is 1.79. The third-order valence-corrected chi connectivity index (χ3v) is 2.40. The van der Waals surface area contributed by atoms with Gasteiger partial charge in [0.05, 0.1) is 16.6 Å². The maximum atomic E-state index is 13.4. The summed E-state index contributed by atoms with van der Waals surface area (Å²) in [6.07, 6.45) is 0. The normalized spacial score (nSPS) is 10.2. The summed E-state index contributed by atoms with van der Waals surface area (Å²) in [5.74, 6) is -0.721. The van der Waals surface area contributed by atoms with Gasteiger partial charge < -0.3 is 5.32 Å². The molecule has 1 N–H and O–H groups in total. The molecular weight excluding hydrogens is 249 g/mol. The minimum atomic E-state index is -0.490. The molecule has 0 aliphatic heterocycles. The fraction of sp³-hybridized carbons (Fsp3) is 0.300. The molecule has 0 saturated carbocycles. The molecule has 2 nitrogen and oxygen atoms in total. The van der Waals surface area contributed by atoms with Crippen LogP contribution in [0.3, 0.4) is 0 Å². The van der Waals surface area contributed by atoms with Gasteiger partial charge in [0.25, 0.3) is 0 Å². The lowest BCUT2D eigenvalue weighted by atomic mass is 10.1. The van der Waals surface area contributed by atoms with Gasteiger partial charge in [0, 0.05) is 0 Å². The predicted octanol–water partition coefficient (Wildman–Crippen LogP) is 2.38. The van der Waals surface area contributed by atoms with E-state index in [1.165, 1.54) is 6.07 Å². The van der Waals surface area contributed by atoms with Crippen molar-refractivity contribution in [1.29, 1.82) is 0 Å². The zero-order valence-corrected chi connectivity index (χ0v) is 9.40. The Balaban J connectivity index is 2.84. The quantitative estimate of drug-likeness (QED) is 0.842. The van der Waals surface area contributed by atoms with Gasteiger partial charge in [0.2, 0.25) is 0 Å². The van der Waals surface area contributed by atoms with Crippen molar-refractivity contribution in [2.45, 2.75) is 6.92 Å². The Labute approximate surface area is 90.6 Å². The van der Waals surface area contributed by atoms with Crippen LogP contribution in [0, 0.1) is 5.82 Å². The average Bonchev–Trinajstić information content (AvgIpc) is 2.18. The number of rotatable bonds is 4. The Bertz CT molecular complexity index is 341. The van der Waals surface area contributed by atoms with Crippen LogP contribution in [0.4, 0.5) is 4.39 Å². The first-order valence-electron chi connectivity index (χ1n) is 4.34. The number of ketones is 1. The number of hydrogen-bond donors (Lipinski definition) is 1.